The zero-order valence-corrected chi connectivity index (χ0v) is 21.2. The molecule has 35 heavy (non-hydrogen) atoms. The fourth-order valence-corrected chi connectivity index (χ4v) is 4.04. The van der Waals surface area contributed by atoms with Crippen LogP contribution in [0.2, 0.25) is 0 Å². The number of cyclic esters (lactones) is 1. The molecule has 198 valence electrons. The molecule has 1 aromatic rings. The average molecular weight is 529 g/mol. The second-order valence-corrected chi connectivity index (χ2v) is 10.5. The van der Waals surface area contributed by atoms with Gasteiger partial charge in [0.15, 0.2) is 0 Å². The van der Waals surface area contributed by atoms with Gasteiger partial charge in [-0.25, -0.2) is 9.78 Å². The molecule has 11 heteroatoms. The molecule has 0 saturated heterocycles. The SMILES string of the molecule is C.C.CSCC/C=C/[C@@H]1CC(=O)NCc2nc(cs2)C(=O)NC(C)(C)C(=O)N[C@@H](C(C)C)C(=O)O1. The van der Waals surface area contributed by atoms with Crippen LogP contribution < -0.4 is 16.0 Å². The molecule has 1 aliphatic rings. The van der Waals surface area contributed by atoms with Crippen molar-refractivity contribution in [1.82, 2.24) is 20.9 Å². The van der Waals surface area contributed by atoms with Gasteiger partial charge in [0.2, 0.25) is 11.8 Å². The Morgan fingerprint density at radius 3 is 2.57 bits per heavy atom. The van der Waals surface area contributed by atoms with Crippen LogP contribution in [0.15, 0.2) is 17.5 Å². The largest absolute Gasteiger partial charge is 0.456 e. The molecule has 1 aliphatic heterocycles. The summed E-state index contributed by atoms with van der Waals surface area (Å²) in [5, 5.41) is 10.2. The fourth-order valence-electron chi connectivity index (χ4n) is 2.95. The number of hydrogen-bond donors (Lipinski definition) is 3. The van der Waals surface area contributed by atoms with Crippen LogP contribution in [0.25, 0.3) is 0 Å². The number of nitrogens with zero attached hydrogens (tertiary/aromatic N) is 1. The highest BCUT2D eigenvalue weighted by Crippen LogP contribution is 2.15. The second kappa shape index (κ2) is 14.9. The van der Waals surface area contributed by atoms with Gasteiger partial charge in [-0.05, 0) is 44.3 Å². The summed E-state index contributed by atoms with van der Waals surface area (Å²) >= 11 is 2.92. The third-order valence-corrected chi connectivity index (χ3v) is 6.41. The molecule has 2 rings (SSSR count). The third kappa shape index (κ3) is 10.0. The van der Waals surface area contributed by atoms with Crippen LogP contribution in [0.3, 0.4) is 0 Å². The van der Waals surface area contributed by atoms with E-state index in [1.165, 1.54) is 11.3 Å². The quantitative estimate of drug-likeness (QED) is 0.304. The lowest BCUT2D eigenvalue weighted by molar-refractivity contribution is -0.153. The van der Waals surface area contributed by atoms with E-state index in [-0.39, 0.29) is 45.3 Å². The third-order valence-electron chi connectivity index (χ3n) is 4.92. The van der Waals surface area contributed by atoms with Gasteiger partial charge >= 0.3 is 5.97 Å². The molecule has 0 aromatic carbocycles. The van der Waals surface area contributed by atoms with E-state index in [0.717, 1.165) is 12.2 Å². The number of ether oxygens (including phenoxy) is 1. The molecule has 9 nitrogen and oxygen atoms in total. The standard InChI is InChI=1S/C22H32N4O5S2.2CH4/c1-13(2)18-20(29)31-14(8-6-7-9-32-5)10-16(27)23-11-17-24-15(12-33-17)19(28)26-22(3,4)21(30)25-18;;/h6,8,12-14,18H,7,9-11H2,1-5H3,(H,23,27)(H,25,30)(H,26,28);2*1H4/b8-6+;;/t14-,18+;;/m1../s1. The molecule has 0 aliphatic carbocycles. The zero-order chi connectivity index (χ0) is 24.6. The molecule has 3 N–H and O–H groups in total. The molecule has 2 atom stereocenters. The number of hydrogen-bond acceptors (Lipinski definition) is 8. The summed E-state index contributed by atoms with van der Waals surface area (Å²) in [6.07, 6.45) is 5.53. The molecule has 2 bridgehead atoms. The van der Waals surface area contributed by atoms with Gasteiger partial charge in [0.25, 0.3) is 5.91 Å². The molecule has 0 spiro atoms. The van der Waals surface area contributed by atoms with Crippen molar-refractivity contribution in [3.8, 4) is 0 Å². The van der Waals surface area contributed by atoms with E-state index in [0.29, 0.717) is 5.01 Å². The summed E-state index contributed by atoms with van der Waals surface area (Å²) in [6, 6.07) is -0.947. The van der Waals surface area contributed by atoms with E-state index < -0.39 is 35.5 Å². The van der Waals surface area contributed by atoms with Crippen LogP contribution in [-0.4, -0.2) is 58.4 Å². The molecule has 0 radical (unpaired) electrons. The Bertz CT molecular complexity index is 898. The highest BCUT2D eigenvalue weighted by molar-refractivity contribution is 7.98. The van der Waals surface area contributed by atoms with Crippen LogP contribution in [0.4, 0.5) is 0 Å². The first-order valence-electron chi connectivity index (χ1n) is 10.7. The Hall–Kier alpha value is -2.40. The topological polar surface area (TPSA) is 126 Å². The Labute approximate surface area is 217 Å². The van der Waals surface area contributed by atoms with Crippen LogP contribution in [0.5, 0.6) is 0 Å². The number of fused-ring (bicyclic) bond motifs is 2. The number of aromatic nitrogens is 1. The van der Waals surface area contributed by atoms with Crippen molar-refractivity contribution in [2.45, 2.75) is 79.6 Å². The van der Waals surface area contributed by atoms with Gasteiger partial charge in [0.05, 0.1) is 13.0 Å². The van der Waals surface area contributed by atoms with Gasteiger partial charge in [-0.15, -0.1) is 11.3 Å². The minimum absolute atomic E-state index is 0. The van der Waals surface area contributed by atoms with E-state index in [2.05, 4.69) is 20.9 Å². The van der Waals surface area contributed by atoms with Gasteiger partial charge < -0.3 is 20.7 Å². The lowest BCUT2D eigenvalue weighted by Gasteiger charge is -2.29. The van der Waals surface area contributed by atoms with E-state index in [4.69, 9.17) is 4.74 Å². The molecular weight excluding hydrogens is 488 g/mol. The fraction of sp³-hybridized carbons (Fsp3) is 0.625. The first kappa shape index (κ1) is 32.6. The number of thioether (sulfide) groups is 1. The van der Waals surface area contributed by atoms with Crippen LogP contribution in [0, 0.1) is 5.92 Å². The lowest BCUT2D eigenvalue weighted by Crippen LogP contribution is -2.59. The molecule has 1 aromatic heterocycles. The maximum Gasteiger partial charge on any atom is 0.329 e. The minimum atomic E-state index is -1.29. The number of allylic oxidation sites excluding steroid dienone is 1. The van der Waals surface area contributed by atoms with Gasteiger partial charge in [0.1, 0.15) is 28.4 Å². The van der Waals surface area contributed by atoms with Crippen molar-refractivity contribution in [3.63, 3.8) is 0 Å². The van der Waals surface area contributed by atoms with E-state index in [1.54, 1.807) is 50.9 Å². The smallest absolute Gasteiger partial charge is 0.329 e. The van der Waals surface area contributed by atoms with Crippen molar-refractivity contribution < 1.29 is 23.9 Å². The zero-order valence-electron chi connectivity index (χ0n) is 19.6. The normalized spacial score (nSPS) is 21.3. The molecular formula is C24H40N4O5S2. The van der Waals surface area contributed by atoms with Gasteiger partial charge in [-0.3, -0.25) is 14.4 Å². The number of thiazole rings is 1. The first-order valence-corrected chi connectivity index (χ1v) is 13.0. The van der Waals surface area contributed by atoms with Crippen molar-refractivity contribution >= 4 is 46.8 Å². The Morgan fingerprint density at radius 2 is 1.94 bits per heavy atom. The van der Waals surface area contributed by atoms with E-state index in [1.807, 2.05) is 12.3 Å². The van der Waals surface area contributed by atoms with Crippen LogP contribution in [0.1, 0.15) is 70.9 Å². The number of nitrogens with one attached hydrogen (secondary N) is 3. The number of esters is 1. The lowest BCUT2D eigenvalue weighted by atomic mass is 9.99. The highest BCUT2D eigenvalue weighted by Gasteiger charge is 2.36. The average Bonchev–Trinajstić information content (AvgIpc) is 3.21. The number of carbonyl (C=O) groups excluding carboxylic acids is 4. The number of rotatable bonds is 5. The van der Waals surface area contributed by atoms with Gasteiger partial charge in [0, 0.05) is 5.38 Å². The highest BCUT2D eigenvalue weighted by atomic mass is 32.2. The summed E-state index contributed by atoms with van der Waals surface area (Å²) < 4.78 is 5.63. The van der Waals surface area contributed by atoms with Crippen molar-refractivity contribution in [2.75, 3.05) is 12.0 Å². The molecule has 2 heterocycles. The minimum Gasteiger partial charge on any atom is -0.456 e. The Balaban J connectivity index is 0.00000578. The maximum atomic E-state index is 13.0. The van der Waals surface area contributed by atoms with Crippen molar-refractivity contribution in [2.24, 2.45) is 5.92 Å². The summed E-state index contributed by atoms with van der Waals surface area (Å²) in [4.78, 5) is 55.3. The maximum absolute atomic E-state index is 13.0. The Morgan fingerprint density at radius 1 is 1.26 bits per heavy atom. The van der Waals surface area contributed by atoms with Crippen molar-refractivity contribution in [3.05, 3.63) is 28.2 Å². The monoisotopic (exact) mass is 528 g/mol. The predicted octanol–water partition coefficient (Wildman–Crippen LogP) is 3.31. The second-order valence-electron chi connectivity index (χ2n) is 8.57. The summed E-state index contributed by atoms with van der Waals surface area (Å²) in [6.45, 7) is 6.81. The number of carbonyl (C=O) groups is 4. The van der Waals surface area contributed by atoms with Crippen LogP contribution in [-0.2, 0) is 25.7 Å². The first-order chi connectivity index (χ1) is 15.5. The van der Waals surface area contributed by atoms with Gasteiger partial charge in [-0.1, -0.05) is 34.8 Å². The van der Waals surface area contributed by atoms with Crippen LogP contribution >= 0.6 is 23.1 Å². The van der Waals surface area contributed by atoms with E-state index >= 15 is 0 Å². The molecule has 0 saturated carbocycles. The van der Waals surface area contributed by atoms with E-state index in [9.17, 15) is 19.2 Å². The summed E-state index contributed by atoms with van der Waals surface area (Å²) in [7, 11) is 0. The predicted molar refractivity (Wildman–Crippen MR) is 142 cm³/mol. The van der Waals surface area contributed by atoms with Crippen molar-refractivity contribution in [1.29, 1.82) is 0 Å². The van der Waals surface area contributed by atoms with Gasteiger partial charge in [-0.2, -0.15) is 11.8 Å². The summed E-state index contributed by atoms with van der Waals surface area (Å²) in [5.41, 5.74) is -1.14. The molecule has 3 amide bonds. The Kier molecular flexibility index (Phi) is 13.9. The molecule has 0 fully saturated rings. The summed E-state index contributed by atoms with van der Waals surface area (Å²) in [5.74, 6) is -1.37. The number of amides is 3. The molecule has 0 unspecified atom stereocenters.